The number of carbonyl (C=O) groups excluding carboxylic acids is 1. The summed E-state index contributed by atoms with van der Waals surface area (Å²) in [4.78, 5) is 18.5. The number of guanidine groups is 1. The molecule has 1 unspecified atom stereocenters. The molecule has 1 aromatic carbocycles. The van der Waals surface area contributed by atoms with E-state index in [0.29, 0.717) is 19.7 Å². The van der Waals surface area contributed by atoms with Gasteiger partial charge in [0.25, 0.3) is 0 Å². The number of aliphatic imine (C=N–C) groups is 1. The number of hydrogen-bond donors (Lipinski definition) is 1. The first-order chi connectivity index (χ1) is 12.6. The van der Waals surface area contributed by atoms with E-state index in [-0.39, 0.29) is 11.9 Å². The zero-order valence-electron chi connectivity index (χ0n) is 16.1. The van der Waals surface area contributed by atoms with Crippen molar-refractivity contribution >= 4 is 11.9 Å². The molecule has 1 aromatic rings. The van der Waals surface area contributed by atoms with E-state index in [0.717, 1.165) is 42.4 Å². The third kappa shape index (κ3) is 5.03. The third-order valence-corrected chi connectivity index (χ3v) is 4.48. The minimum absolute atomic E-state index is 0.0993. The molecule has 0 saturated carbocycles. The van der Waals surface area contributed by atoms with Crippen LogP contribution in [-0.2, 0) is 16.1 Å². The van der Waals surface area contributed by atoms with Crippen molar-refractivity contribution < 1.29 is 19.0 Å². The molecule has 1 fully saturated rings. The molecule has 1 aliphatic rings. The van der Waals surface area contributed by atoms with Gasteiger partial charge < -0.3 is 24.4 Å². The van der Waals surface area contributed by atoms with Crippen LogP contribution in [0.5, 0.6) is 11.5 Å². The molecule has 1 N–H and O–H groups in total. The Morgan fingerprint density at radius 3 is 2.81 bits per heavy atom. The van der Waals surface area contributed by atoms with Crippen LogP contribution >= 0.6 is 0 Å². The molecular formula is C19H29N3O4. The average Bonchev–Trinajstić information content (AvgIpc) is 2.69. The number of methoxy groups -OCH3 is 2. The Hall–Kier alpha value is -2.44. The lowest BCUT2D eigenvalue weighted by molar-refractivity contribution is -0.149. The molecule has 1 atom stereocenters. The summed E-state index contributed by atoms with van der Waals surface area (Å²) in [5.74, 6) is 2.07. The molecule has 0 aliphatic carbocycles. The lowest BCUT2D eigenvalue weighted by Crippen LogP contribution is -2.48. The summed E-state index contributed by atoms with van der Waals surface area (Å²) in [7, 11) is 5.02. The van der Waals surface area contributed by atoms with E-state index in [4.69, 9.17) is 14.2 Å². The number of carbonyl (C=O) groups is 1. The summed E-state index contributed by atoms with van der Waals surface area (Å²) in [5, 5.41) is 3.36. The number of hydrogen-bond acceptors (Lipinski definition) is 5. The van der Waals surface area contributed by atoms with E-state index < -0.39 is 0 Å². The van der Waals surface area contributed by atoms with Crippen LogP contribution in [0.4, 0.5) is 0 Å². The molecule has 0 amide bonds. The van der Waals surface area contributed by atoms with Crippen LogP contribution < -0.4 is 14.8 Å². The molecule has 1 saturated heterocycles. The van der Waals surface area contributed by atoms with Gasteiger partial charge in [-0.05, 0) is 31.9 Å². The Labute approximate surface area is 155 Å². The minimum Gasteiger partial charge on any atom is -0.497 e. The van der Waals surface area contributed by atoms with Crippen molar-refractivity contribution in [3.8, 4) is 11.5 Å². The van der Waals surface area contributed by atoms with Crippen molar-refractivity contribution in [2.75, 3.05) is 41.0 Å². The highest BCUT2D eigenvalue weighted by Crippen LogP contribution is 2.24. The van der Waals surface area contributed by atoms with Crippen LogP contribution in [0, 0.1) is 5.92 Å². The van der Waals surface area contributed by atoms with E-state index in [1.807, 2.05) is 25.1 Å². The maximum Gasteiger partial charge on any atom is 0.310 e. The van der Waals surface area contributed by atoms with Gasteiger partial charge in [0.15, 0.2) is 5.96 Å². The van der Waals surface area contributed by atoms with Crippen LogP contribution in [-0.4, -0.2) is 57.8 Å². The topological polar surface area (TPSA) is 72.4 Å². The molecule has 1 aliphatic heterocycles. The fraction of sp³-hybridized carbons (Fsp3) is 0.579. The second-order valence-electron chi connectivity index (χ2n) is 6.12. The molecular weight excluding hydrogens is 334 g/mol. The molecule has 144 valence electrons. The number of piperidine rings is 1. The second kappa shape index (κ2) is 9.89. The second-order valence-corrected chi connectivity index (χ2v) is 6.12. The van der Waals surface area contributed by atoms with Crippen molar-refractivity contribution in [1.29, 1.82) is 0 Å². The normalized spacial score (nSPS) is 17.6. The Kier molecular flexibility index (Phi) is 7.56. The van der Waals surface area contributed by atoms with Gasteiger partial charge in [-0.25, -0.2) is 0 Å². The SMILES string of the molecule is CCOC(=O)C1CCCN(C(=NC)NCc2ccc(OC)cc2OC)C1. The standard InChI is InChI=1S/C19H29N3O4/c1-5-26-18(23)15-7-6-10-22(13-15)19(20-2)21-12-14-8-9-16(24-3)11-17(14)25-4/h8-9,11,15H,5-7,10,12-13H2,1-4H3,(H,20,21). The number of likely N-dealkylation sites (tertiary alicyclic amines) is 1. The van der Waals surface area contributed by atoms with Crippen molar-refractivity contribution in [3.63, 3.8) is 0 Å². The van der Waals surface area contributed by atoms with Crippen molar-refractivity contribution in [3.05, 3.63) is 23.8 Å². The lowest BCUT2D eigenvalue weighted by atomic mass is 9.98. The van der Waals surface area contributed by atoms with Gasteiger partial charge in [0.1, 0.15) is 11.5 Å². The average molecular weight is 363 g/mol. The summed E-state index contributed by atoms with van der Waals surface area (Å²) in [5.41, 5.74) is 1.01. The molecule has 26 heavy (non-hydrogen) atoms. The van der Waals surface area contributed by atoms with Gasteiger partial charge in [-0.3, -0.25) is 9.79 Å². The summed E-state index contributed by atoms with van der Waals surface area (Å²) < 4.78 is 15.8. The smallest absolute Gasteiger partial charge is 0.310 e. The van der Waals surface area contributed by atoms with Gasteiger partial charge in [0, 0.05) is 38.3 Å². The van der Waals surface area contributed by atoms with Crippen LogP contribution in [0.15, 0.2) is 23.2 Å². The van der Waals surface area contributed by atoms with Gasteiger partial charge in [0.05, 0.1) is 26.7 Å². The fourth-order valence-corrected chi connectivity index (χ4v) is 3.13. The highest BCUT2D eigenvalue weighted by atomic mass is 16.5. The van der Waals surface area contributed by atoms with Gasteiger partial charge in [0.2, 0.25) is 0 Å². The maximum absolute atomic E-state index is 12.0. The van der Waals surface area contributed by atoms with Crippen molar-refractivity contribution in [2.24, 2.45) is 10.9 Å². The van der Waals surface area contributed by atoms with E-state index in [9.17, 15) is 4.79 Å². The van der Waals surface area contributed by atoms with Gasteiger partial charge >= 0.3 is 5.97 Å². The molecule has 7 heteroatoms. The van der Waals surface area contributed by atoms with Gasteiger partial charge in [-0.2, -0.15) is 0 Å². The third-order valence-electron chi connectivity index (χ3n) is 4.48. The summed E-state index contributed by atoms with van der Waals surface area (Å²) in [6.45, 7) is 4.31. The van der Waals surface area contributed by atoms with Gasteiger partial charge in [-0.15, -0.1) is 0 Å². The number of esters is 1. The predicted molar refractivity (Wildman–Crippen MR) is 101 cm³/mol. The minimum atomic E-state index is -0.121. The van der Waals surface area contributed by atoms with Crippen molar-refractivity contribution in [2.45, 2.75) is 26.3 Å². The summed E-state index contributed by atoms with van der Waals surface area (Å²) >= 11 is 0. The number of ether oxygens (including phenoxy) is 3. The zero-order chi connectivity index (χ0) is 18.9. The summed E-state index contributed by atoms with van der Waals surface area (Å²) in [6, 6.07) is 5.73. The molecule has 7 nitrogen and oxygen atoms in total. The molecule has 0 bridgehead atoms. The maximum atomic E-state index is 12.0. The van der Waals surface area contributed by atoms with Gasteiger partial charge in [-0.1, -0.05) is 0 Å². The number of nitrogens with one attached hydrogen (secondary N) is 1. The number of rotatable bonds is 6. The Morgan fingerprint density at radius 2 is 2.15 bits per heavy atom. The molecule has 0 aromatic heterocycles. The van der Waals surface area contributed by atoms with E-state index in [1.54, 1.807) is 21.3 Å². The molecule has 0 radical (unpaired) electrons. The number of benzene rings is 1. The quantitative estimate of drug-likeness (QED) is 0.474. The highest BCUT2D eigenvalue weighted by molar-refractivity contribution is 5.81. The molecule has 0 spiro atoms. The monoisotopic (exact) mass is 363 g/mol. The zero-order valence-corrected chi connectivity index (χ0v) is 16.1. The molecule has 2 rings (SSSR count). The van der Waals surface area contributed by atoms with Crippen LogP contribution in [0.2, 0.25) is 0 Å². The Balaban J connectivity index is 2.00. The first kappa shape index (κ1) is 19.9. The van der Waals surface area contributed by atoms with E-state index >= 15 is 0 Å². The first-order valence-electron chi connectivity index (χ1n) is 8.96. The van der Waals surface area contributed by atoms with Crippen LogP contribution in [0.25, 0.3) is 0 Å². The van der Waals surface area contributed by atoms with E-state index in [1.165, 1.54) is 0 Å². The highest BCUT2D eigenvalue weighted by Gasteiger charge is 2.28. The van der Waals surface area contributed by atoms with Crippen LogP contribution in [0.1, 0.15) is 25.3 Å². The van der Waals surface area contributed by atoms with Crippen molar-refractivity contribution in [1.82, 2.24) is 10.2 Å². The Morgan fingerprint density at radius 1 is 1.35 bits per heavy atom. The van der Waals surface area contributed by atoms with Crippen LogP contribution in [0.3, 0.4) is 0 Å². The number of nitrogens with zero attached hydrogens (tertiary/aromatic N) is 2. The summed E-state index contributed by atoms with van der Waals surface area (Å²) in [6.07, 6.45) is 1.80. The predicted octanol–water partition coefficient (Wildman–Crippen LogP) is 2.05. The first-order valence-corrected chi connectivity index (χ1v) is 8.96. The fourth-order valence-electron chi connectivity index (χ4n) is 3.13. The Bertz CT molecular complexity index is 633. The molecule has 1 heterocycles. The largest absolute Gasteiger partial charge is 0.497 e. The lowest BCUT2D eigenvalue weighted by Gasteiger charge is -2.34. The van der Waals surface area contributed by atoms with E-state index in [2.05, 4.69) is 15.2 Å².